The van der Waals surface area contributed by atoms with Gasteiger partial charge in [0.05, 0.1) is 17.7 Å². The van der Waals surface area contributed by atoms with Gasteiger partial charge in [0.25, 0.3) is 11.7 Å². The summed E-state index contributed by atoms with van der Waals surface area (Å²) in [4.78, 5) is 34.2. The Morgan fingerprint density at radius 3 is 2.42 bits per heavy atom. The highest BCUT2D eigenvalue weighted by Crippen LogP contribution is 2.41. The Hall–Kier alpha value is -4.13. The van der Waals surface area contributed by atoms with Gasteiger partial charge >= 0.3 is 0 Å². The summed E-state index contributed by atoms with van der Waals surface area (Å²) < 4.78 is 5.81. The topological polar surface area (TPSA) is 83.0 Å². The van der Waals surface area contributed by atoms with E-state index in [1.54, 1.807) is 36.7 Å². The van der Waals surface area contributed by atoms with Gasteiger partial charge in [-0.05, 0) is 73.9 Å². The molecule has 1 unspecified atom stereocenters. The van der Waals surface area contributed by atoms with E-state index in [0.29, 0.717) is 11.3 Å². The monoisotopic (exact) mass is 485 g/mol. The molecule has 0 aliphatic carbocycles. The molecule has 1 aromatic heterocycles. The molecule has 0 radical (unpaired) electrons. The average Bonchev–Trinajstić information content (AvgIpc) is 3.10. The molecule has 2 aromatic carbocycles. The smallest absolute Gasteiger partial charge is 0.295 e. The molecule has 0 saturated carbocycles. The molecule has 4 rings (SSSR count). The standard InChI is InChI=1S/C29H31N3O4/c1-18(2)36-24-13-10-22(15-19(24)3)27(33)25-26(21-8-11-23(12-9-21)31(4)5)32(29(35)28(25)34)17-20-7-6-14-30-16-20/h6-16,18,26,33H,17H2,1-5H3/b27-25-. The number of aliphatic hydroxyl groups excluding tert-OH is 1. The summed E-state index contributed by atoms with van der Waals surface area (Å²) in [7, 11) is 3.89. The van der Waals surface area contributed by atoms with E-state index in [1.807, 2.05) is 70.1 Å². The van der Waals surface area contributed by atoms with E-state index < -0.39 is 17.7 Å². The van der Waals surface area contributed by atoms with Crippen LogP contribution >= 0.6 is 0 Å². The fourth-order valence-electron chi connectivity index (χ4n) is 4.37. The minimum absolute atomic E-state index is 0.00563. The van der Waals surface area contributed by atoms with Crippen molar-refractivity contribution in [1.29, 1.82) is 0 Å². The SMILES string of the molecule is Cc1cc(/C(O)=C2/C(=O)C(=O)N(Cc3cccnc3)C2c2ccc(N(C)C)cc2)ccc1OC(C)C. The first-order valence-corrected chi connectivity index (χ1v) is 11.9. The van der Waals surface area contributed by atoms with E-state index >= 15 is 0 Å². The van der Waals surface area contributed by atoms with Crippen molar-refractivity contribution in [3.05, 3.63) is 94.8 Å². The molecule has 1 atom stereocenters. The first kappa shape index (κ1) is 25.0. The van der Waals surface area contributed by atoms with Crippen LogP contribution in [0, 0.1) is 6.92 Å². The van der Waals surface area contributed by atoms with E-state index in [0.717, 1.165) is 22.4 Å². The summed E-state index contributed by atoms with van der Waals surface area (Å²) in [5.74, 6) is -0.867. The van der Waals surface area contributed by atoms with Gasteiger partial charge in [-0.2, -0.15) is 0 Å². The van der Waals surface area contributed by atoms with Gasteiger partial charge in [0, 0.05) is 44.3 Å². The Balaban J connectivity index is 1.83. The maximum Gasteiger partial charge on any atom is 0.295 e. The molecule has 1 fully saturated rings. The largest absolute Gasteiger partial charge is 0.507 e. The Morgan fingerprint density at radius 1 is 1.11 bits per heavy atom. The van der Waals surface area contributed by atoms with Crippen LogP contribution in [0.1, 0.15) is 42.1 Å². The summed E-state index contributed by atoms with van der Waals surface area (Å²) >= 11 is 0. The first-order chi connectivity index (χ1) is 17.2. The molecule has 1 saturated heterocycles. The third-order valence-corrected chi connectivity index (χ3v) is 6.15. The maximum absolute atomic E-state index is 13.3. The summed E-state index contributed by atoms with van der Waals surface area (Å²) in [5, 5.41) is 11.4. The summed E-state index contributed by atoms with van der Waals surface area (Å²) in [6, 6.07) is 15.8. The van der Waals surface area contributed by atoms with Gasteiger partial charge in [0.1, 0.15) is 11.5 Å². The summed E-state index contributed by atoms with van der Waals surface area (Å²) in [6.45, 7) is 5.96. The molecular formula is C29H31N3O4. The normalized spacial score (nSPS) is 17.1. The molecule has 3 aromatic rings. The second-order valence-corrected chi connectivity index (χ2v) is 9.42. The van der Waals surface area contributed by atoms with Crippen LogP contribution < -0.4 is 9.64 Å². The number of ketones is 1. The molecular weight excluding hydrogens is 454 g/mol. The van der Waals surface area contributed by atoms with Gasteiger partial charge in [-0.3, -0.25) is 14.6 Å². The molecule has 1 aliphatic heterocycles. The van der Waals surface area contributed by atoms with Crippen LogP contribution in [-0.4, -0.2) is 46.9 Å². The summed E-state index contributed by atoms with van der Waals surface area (Å²) in [5.41, 5.74) is 3.86. The number of benzene rings is 2. The molecule has 1 aliphatic rings. The van der Waals surface area contributed by atoms with E-state index in [1.165, 1.54) is 4.90 Å². The quantitative estimate of drug-likeness (QED) is 0.292. The van der Waals surface area contributed by atoms with Crippen LogP contribution in [-0.2, 0) is 16.1 Å². The highest BCUT2D eigenvalue weighted by Gasteiger charge is 2.46. The van der Waals surface area contributed by atoms with E-state index in [-0.39, 0.29) is 24.0 Å². The zero-order chi connectivity index (χ0) is 26.0. The third kappa shape index (κ3) is 4.96. The number of amides is 1. The third-order valence-electron chi connectivity index (χ3n) is 6.15. The zero-order valence-corrected chi connectivity index (χ0v) is 21.2. The van der Waals surface area contributed by atoms with Gasteiger partial charge in [-0.25, -0.2) is 0 Å². The minimum Gasteiger partial charge on any atom is -0.507 e. The second-order valence-electron chi connectivity index (χ2n) is 9.42. The number of anilines is 1. The van der Waals surface area contributed by atoms with E-state index in [2.05, 4.69) is 4.98 Å². The molecule has 7 nitrogen and oxygen atoms in total. The molecule has 7 heteroatoms. The predicted molar refractivity (Wildman–Crippen MR) is 140 cm³/mol. The number of ether oxygens (including phenoxy) is 1. The van der Waals surface area contributed by atoms with Crippen molar-refractivity contribution in [1.82, 2.24) is 9.88 Å². The van der Waals surface area contributed by atoms with Gasteiger partial charge < -0.3 is 19.6 Å². The predicted octanol–water partition coefficient (Wildman–Crippen LogP) is 4.87. The highest BCUT2D eigenvalue weighted by molar-refractivity contribution is 6.46. The Labute approximate surface area is 211 Å². The Bertz CT molecular complexity index is 1300. The van der Waals surface area contributed by atoms with Crippen molar-refractivity contribution >= 4 is 23.1 Å². The Morgan fingerprint density at radius 2 is 1.83 bits per heavy atom. The molecule has 36 heavy (non-hydrogen) atoms. The van der Waals surface area contributed by atoms with Gasteiger partial charge in [-0.15, -0.1) is 0 Å². The average molecular weight is 486 g/mol. The van der Waals surface area contributed by atoms with E-state index in [9.17, 15) is 14.7 Å². The lowest BCUT2D eigenvalue weighted by Crippen LogP contribution is -2.29. The van der Waals surface area contributed by atoms with Crippen LogP contribution in [0.5, 0.6) is 5.75 Å². The number of hydrogen-bond donors (Lipinski definition) is 1. The van der Waals surface area contributed by atoms with Crippen molar-refractivity contribution in [3.8, 4) is 5.75 Å². The molecule has 186 valence electrons. The van der Waals surface area contributed by atoms with E-state index in [4.69, 9.17) is 4.74 Å². The second kappa shape index (κ2) is 10.2. The number of nitrogens with zero attached hydrogens (tertiary/aromatic N) is 3. The van der Waals surface area contributed by atoms with Crippen LogP contribution in [0.15, 0.2) is 72.6 Å². The van der Waals surface area contributed by atoms with Crippen LogP contribution in [0.25, 0.3) is 5.76 Å². The van der Waals surface area contributed by atoms with Crippen molar-refractivity contribution in [2.24, 2.45) is 0 Å². The van der Waals surface area contributed by atoms with Gasteiger partial charge in [0.15, 0.2) is 0 Å². The number of carbonyl (C=O) groups excluding carboxylic acids is 2. The van der Waals surface area contributed by atoms with Crippen LogP contribution in [0.2, 0.25) is 0 Å². The van der Waals surface area contributed by atoms with Crippen LogP contribution in [0.3, 0.4) is 0 Å². The van der Waals surface area contributed by atoms with Gasteiger partial charge in [-0.1, -0.05) is 18.2 Å². The number of carbonyl (C=O) groups is 2. The number of aryl methyl sites for hydroxylation is 1. The zero-order valence-electron chi connectivity index (χ0n) is 21.2. The number of likely N-dealkylation sites (tertiary alicyclic amines) is 1. The number of rotatable bonds is 7. The molecule has 0 spiro atoms. The fourth-order valence-corrected chi connectivity index (χ4v) is 4.37. The fraction of sp³-hybridized carbons (Fsp3) is 0.276. The molecule has 1 N–H and O–H groups in total. The van der Waals surface area contributed by atoms with Crippen molar-refractivity contribution in [2.75, 3.05) is 19.0 Å². The number of pyridine rings is 1. The number of Topliss-reactive ketones (excluding diaryl/α,β-unsaturated/α-hetero) is 1. The lowest BCUT2D eigenvalue weighted by atomic mass is 9.94. The first-order valence-electron chi connectivity index (χ1n) is 11.9. The minimum atomic E-state index is -0.742. The van der Waals surface area contributed by atoms with Crippen LogP contribution in [0.4, 0.5) is 5.69 Å². The van der Waals surface area contributed by atoms with Crippen molar-refractivity contribution in [3.63, 3.8) is 0 Å². The molecule has 2 heterocycles. The van der Waals surface area contributed by atoms with Gasteiger partial charge in [0.2, 0.25) is 0 Å². The number of hydrogen-bond acceptors (Lipinski definition) is 6. The maximum atomic E-state index is 13.3. The number of aromatic nitrogens is 1. The molecule has 1 amide bonds. The highest BCUT2D eigenvalue weighted by atomic mass is 16.5. The van der Waals surface area contributed by atoms with Crippen molar-refractivity contribution in [2.45, 2.75) is 39.5 Å². The molecule has 0 bridgehead atoms. The Kier molecular flexibility index (Phi) is 7.10. The number of aliphatic hydroxyl groups is 1. The lowest BCUT2D eigenvalue weighted by Gasteiger charge is -2.26. The summed E-state index contributed by atoms with van der Waals surface area (Å²) in [6.07, 6.45) is 3.33. The lowest BCUT2D eigenvalue weighted by molar-refractivity contribution is -0.140. The van der Waals surface area contributed by atoms with Crippen molar-refractivity contribution < 1.29 is 19.4 Å².